The Kier molecular flexibility index (Phi) is 7.04. The molecular weight excluding hydrogens is 669 g/mol. The Morgan fingerprint density at radius 2 is 0.927 bits per heavy atom. The second-order valence-corrected chi connectivity index (χ2v) is 14.4. The van der Waals surface area contributed by atoms with Gasteiger partial charge in [-0.05, 0) is 104 Å². The van der Waals surface area contributed by atoms with E-state index in [0.717, 1.165) is 28.4 Å². The van der Waals surface area contributed by atoms with Crippen molar-refractivity contribution in [2.24, 2.45) is 0 Å². The predicted molar refractivity (Wildman–Crippen MR) is 231 cm³/mol. The standard InChI is InChI=1S/C51H36N4/c1-35-20-23-41(24-21-35)54-47-18-10-9-17-44(47)46-34-42(29-31-49(46)54)53(38-12-4-2-5-13-38)40-27-25-37(26-28-40)52-33-32-36-22-30-45-43-16-8-11-19-48(43)55(51(45)50(36)52)39-14-6-3-7-15-39/h2-34H,1H3. The molecule has 0 saturated heterocycles. The van der Waals surface area contributed by atoms with Crippen LogP contribution in [0, 0.1) is 6.92 Å². The molecule has 11 rings (SSSR count). The lowest BCUT2D eigenvalue weighted by molar-refractivity contribution is 1.11. The van der Waals surface area contributed by atoms with Crippen molar-refractivity contribution in [1.29, 1.82) is 0 Å². The fraction of sp³-hybridized carbons (Fsp3) is 0.0196. The summed E-state index contributed by atoms with van der Waals surface area (Å²) >= 11 is 0. The summed E-state index contributed by atoms with van der Waals surface area (Å²) in [5.41, 5.74) is 14.0. The van der Waals surface area contributed by atoms with Crippen LogP contribution in [0.3, 0.4) is 0 Å². The van der Waals surface area contributed by atoms with Crippen LogP contribution in [0.2, 0.25) is 0 Å². The maximum atomic E-state index is 2.42. The molecule has 55 heavy (non-hydrogen) atoms. The topological polar surface area (TPSA) is 18.0 Å². The summed E-state index contributed by atoms with van der Waals surface area (Å²) in [6.07, 6.45) is 2.21. The van der Waals surface area contributed by atoms with Gasteiger partial charge in [0.15, 0.2) is 0 Å². The molecule has 4 heteroatoms. The number of hydrogen-bond acceptors (Lipinski definition) is 1. The first-order valence-electron chi connectivity index (χ1n) is 18.9. The van der Waals surface area contributed by atoms with Gasteiger partial charge in [-0.15, -0.1) is 0 Å². The van der Waals surface area contributed by atoms with Gasteiger partial charge in [0.2, 0.25) is 0 Å². The van der Waals surface area contributed by atoms with Gasteiger partial charge in [-0.1, -0.05) is 103 Å². The third kappa shape index (κ3) is 4.92. The van der Waals surface area contributed by atoms with Crippen LogP contribution in [-0.2, 0) is 0 Å². The van der Waals surface area contributed by atoms with Crippen LogP contribution in [0.1, 0.15) is 5.56 Å². The van der Waals surface area contributed by atoms with Crippen molar-refractivity contribution in [1.82, 2.24) is 13.7 Å². The molecule has 4 nitrogen and oxygen atoms in total. The van der Waals surface area contributed by atoms with Crippen molar-refractivity contribution < 1.29 is 0 Å². The maximum Gasteiger partial charge on any atom is 0.0788 e. The molecule has 0 spiro atoms. The average molecular weight is 705 g/mol. The summed E-state index contributed by atoms with van der Waals surface area (Å²) in [6, 6.07) is 70.3. The normalized spacial score (nSPS) is 11.7. The summed E-state index contributed by atoms with van der Waals surface area (Å²) in [5.74, 6) is 0. The Labute approximate surface area is 319 Å². The minimum atomic E-state index is 1.09. The zero-order valence-corrected chi connectivity index (χ0v) is 30.3. The third-order valence-corrected chi connectivity index (χ3v) is 11.1. The van der Waals surface area contributed by atoms with E-state index in [1.165, 1.54) is 65.8 Å². The highest BCUT2D eigenvalue weighted by Crippen LogP contribution is 2.41. The Morgan fingerprint density at radius 3 is 1.67 bits per heavy atom. The zero-order valence-electron chi connectivity index (χ0n) is 30.3. The number of aromatic nitrogens is 3. The Balaban J connectivity index is 1.07. The van der Waals surface area contributed by atoms with Gasteiger partial charge in [-0.25, -0.2) is 0 Å². The molecular formula is C51H36N4. The molecule has 0 radical (unpaired) electrons. The summed E-state index contributed by atoms with van der Waals surface area (Å²) in [5, 5.41) is 6.17. The number of benzene rings is 8. The van der Waals surface area contributed by atoms with Gasteiger partial charge in [-0.3, -0.25) is 0 Å². The van der Waals surface area contributed by atoms with E-state index in [1.54, 1.807) is 0 Å². The van der Waals surface area contributed by atoms with Crippen LogP contribution in [0.4, 0.5) is 17.1 Å². The largest absolute Gasteiger partial charge is 0.315 e. The first-order valence-corrected chi connectivity index (χ1v) is 18.9. The maximum absolute atomic E-state index is 2.42. The molecule has 0 fully saturated rings. The van der Waals surface area contributed by atoms with Crippen LogP contribution in [-0.4, -0.2) is 13.7 Å². The van der Waals surface area contributed by atoms with E-state index in [-0.39, 0.29) is 0 Å². The van der Waals surface area contributed by atoms with E-state index in [0.29, 0.717) is 0 Å². The molecule has 0 aliphatic heterocycles. The number of rotatable bonds is 6. The van der Waals surface area contributed by atoms with E-state index in [1.807, 2.05) is 0 Å². The van der Waals surface area contributed by atoms with Crippen LogP contribution < -0.4 is 4.90 Å². The Hall–Kier alpha value is -7.30. The van der Waals surface area contributed by atoms with E-state index in [2.05, 4.69) is 226 Å². The van der Waals surface area contributed by atoms with Crippen molar-refractivity contribution in [2.45, 2.75) is 6.92 Å². The Bertz CT molecular complexity index is 3180. The average Bonchev–Trinajstić information content (AvgIpc) is 3.93. The van der Waals surface area contributed by atoms with Gasteiger partial charge in [0.25, 0.3) is 0 Å². The highest BCUT2D eigenvalue weighted by molar-refractivity contribution is 6.18. The number of hydrogen-bond donors (Lipinski definition) is 0. The van der Waals surface area contributed by atoms with Gasteiger partial charge in [-0.2, -0.15) is 0 Å². The molecule has 0 amide bonds. The molecule has 0 saturated carbocycles. The first kappa shape index (κ1) is 31.2. The highest BCUT2D eigenvalue weighted by atomic mass is 15.1. The van der Waals surface area contributed by atoms with Crippen molar-refractivity contribution >= 4 is 71.6 Å². The number of fused-ring (bicyclic) bond motifs is 8. The zero-order chi connectivity index (χ0) is 36.5. The van der Waals surface area contributed by atoms with Crippen molar-refractivity contribution in [3.8, 4) is 17.1 Å². The van der Waals surface area contributed by atoms with Gasteiger partial charge >= 0.3 is 0 Å². The van der Waals surface area contributed by atoms with Crippen molar-refractivity contribution in [3.63, 3.8) is 0 Å². The number of para-hydroxylation sites is 4. The molecule has 11 aromatic rings. The van der Waals surface area contributed by atoms with Gasteiger partial charge in [0.1, 0.15) is 0 Å². The van der Waals surface area contributed by atoms with Gasteiger partial charge in [0, 0.05) is 67.3 Å². The van der Waals surface area contributed by atoms with E-state index < -0.39 is 0 Å². The Morgan fingerprint density at radius 1 is 0.364 bits per heavy atom. The summed E-state index contributed by atoms with van der Waals surface area (Å²) in [7, 11) is 0. The molecule has 260 valence electrons. The molecule has 0 N–H and O–H groups in total. The van der Waals surface area contributed by atoms with E-state index in [9.17, 15) is 0 Å². The number of aryl methyl sites for hydroxylation is 1. The minimum absolute atomic E-state index is 1.09. The predicted octanol–water partition coefficient (Wildman–Crippen LogP) is 13.6. The summed E-state index contributed by atoms with van der Waals surface area (Å²) in [6.45, 7) is 2.14. The summed E-state index contributed by atoms with van der Waals surface area (Å²) < 4.78 is 7.14. The SMILES string of the molecule is Cc1ccc(-n2c3ccccc3c3cc(N(c4ccccc4)c4ccc(-n5ccc6ccc7c8ccccc8n(-c8ccccc8)c7c65)cc4)ccc32)cc1. The lowest BCUT2D eigenvalue weighted by atomic mass is 10.1. The lowest BCUT2D eigenvalue weighted by Crippen LogP contribution is -2.10. The molecule has 0 aliphatic carbocycles. The fourth-order valence-corrected chi connectivity index (χ4v) is 8.59. The molecule has 3 aromatic heterocycles. The number of anilines is 3. The molecule has 0 unspecified atom stereocenters. The number of nitrogens with zero attached hydrogens (tertiary/aromatic N) is 4. The van der Waals surface area contributed by atoms with Gasteiger partial charge in [0.05, 0.1) is 27.6 Å². The molecule has 0 atom stereocenters. The molecule has 0 aliphatic rings. The van der Waals surface area contributed by atoms with Crippen LogP contribution in [0.5, 0.6) is 0 Å². The second-order valence-electron chi connectivity index (χ2n) is 14.4. The fourth-order valence-electron chi connectivity index (χ4n) is 8.59. The van der Waals surface area contributed by atoms with Crippen LogP contribution in [0.25, 0.3) is 71.6 Å². The van der Waals surface area contributed by atoms with Gasteiger partial charge < -0.3 is 18.6 Å². The summed E-state index contributed by atoms with van der Waals surface area (Å²) in [4.78, 5) is 2.36. The first-order chi connectivity index (χ1) is 27.2. The van der Waals surface area contributed by atoms with Crippen molar-refractivity contribution in [2.75, 3.05) is 4.90 Å². The monoisotopic (exact) mass is 704 g/mol. The lowest BCUT2D eigenvalue weighted by Gasteiger charge is -2.26. The van der Waals surface area contributed by atoms with Crippen LogP contribution in [0.15, 0.2) is 200 Å². The highest BCUT2D eigenvalue weighted by Gasteiger charge is 2.20. The van der Waals surface area contributed by atoms with Crippen LogP contribution >= 0.6 is 0 Å². The second kappa shape index (κ2) is 12.4. The van der Waals surface area contributed by atoms with E-state index >= 15 is 0 Å². The third-order valence-electron chi connectivity index (χ3n) is 11.1. The quantitative estimate of drug-likeness (QED) is 0.168. The smallest absolute Gasteiger partial charge is 0.0788 e. The minimum Gasteiger partial charge on any atom is -0.315 e. The molecule has 8 aromatic carbocycles. The van der Waals surface area contributed by atoms with E-state index in [4.69, 9.17) is 0 Å². The van der Waals surface area contributed by atoms with Crippen molar-refractivity contribution in [3.05, 3.63) is 206 Å². The molecule has 0 bridgehead atoms. The molecule has 3 heterocycles.